The van der Waals surface area contributed by atoms with E-state index in [2.05, 4.69) is 19.9 Å². The van der Waals surface area contributed by atoms with E-state index in [9.17, 15) is 0 Å². The topological polar surface area (TPSA) is 0 Å². The summed E-state index contributed by atoms with van der Waals surface area (Å²) in [5.41, 5.74) is 1.45. The Labute approximate surface area is 61.9 Å². The van der Waals surface area contributed by atoms with Crippen molar-refractivity contribution in [3.05, 3.63) is 11.6 Å². The van der Waals surface area contributed by atoms with Gasteiger partial charge in [-0.25, -0.2) is 0 Å². The maximum absolute atomic E-state index is 5.93. The molecule has 0 aliphatic heterocycles. The molecule has 0 fully saturated rings. The van der Waals surface area contributed by atoms with Gasteiger partial charge in [0.15, 0.2) is 0 Å². The molecule has 1 aliphatic carbocycles. The summed E-state index contributed by atoms with van der Waals surface area (Å²) in [5.74, 6) is 0.789. The first-order chi connectivity index (χ1) is 4.18. The van der Waals surface area contributed by atoms with Crippen molar-refractivity contribution < 1.29 is 0 Å². The Balaban J connectivity index is 2.56. The molecule has 0 saturated carbocycles. The number of hydrogen-bond donors (Lipinski definition) is 0. The van der Waals surface area contributed by atoms with Crippen molar-refractivity contribution in [1.29, 1.82) is 0 Å². The molecule has 9 heavy (non-hydrogen) atoms. The summed E-state index contributed by atoms with van der Waals surface area (Å²) in [6.07, 6.45) is 4.56. The molecule has 2 atom stereocenters. The molecule has 0 saturated heterocycles. The molecular weight excluding hydrogens is 132 g/mol. The third-order valence-electron chi connectivity index (χ3n) is 1.76. The highest BCUT2D eigenvalue weighted by Gasteiger charge is 2.14. The van der Waals surface area contributed by atoms with Crippen LogP contribution in [0.1, 0.15) is 26.7 Å². The quantitative estimate of drug-likeness (QED) is 0.362. The summed E-state index contributed by atoms with van der Waals surface area (Å²) in [6, 6.07) is 0. The second-order valence-corrected chi connectivity index (χ2v) is 3.63. The zero-order valence-corrected chi connectivity index (χ0v) is 6.78. The summed E-state index contributed by atoms with van der Waals surface area (Å²) in [5, 5.41) is 0.300. The molecule has 0 spiro atoms. The number of rotatable bonds is 0. The van der Waals surface area contributed by atoms with Crippen LogP contribution < -0.4 is 0 Å². The minimum atomic E-state index is 0.300. The summed E-state index contributed by atoms with van der Waals surface area (Å²) in [4.78, 5) is 0. The highest BCUT2D eigenvalue weighted by atomic mass is 35.5. The Kier molecular flexibility index (Phi) is 2.18. The lowest BCUT2D eigenvalue weighted by molar-refractivity contribution is 0.513. The molecule has 0 nitrogen and oxygen atoms in total. The standard InChI is InChI=1S/C8H13Cl/c1-6-3-7(2)5-8(9)4-6/h4,7-8H,3,5H2,1-2H3. The summed E-state index contributed by atoms with van der Waals surface area (Å²) >= 11 is 5.93. The van der Waals surface area contributed by atoms with Gasteiger partial charge < -0.3 is 0 Å². The van der Waals surface area contributed by atoms with E-state index < -0.39 is 0 Å². The van der Waals surface area contributed by atoms with Crippen molar-refractivity contribution >= 4 is 11.6 Å². The lowest BCUT2D eigenvalue weighted by Gasteiger charge is -2.19. The van der Waals surface area contributed by atoms with Crippen molar-refractivity contribution in [3.63, 3.8) is 0 Å². The van der Waals surface area contributed by atoms with Crippen LogP contribution in [0.25, 0.3) is 0 Å². The summed E-state index contributed by atoms with van der Waals surface area (Å²) in [7, 11) is 0. The highest BCUT2D eigenvalue weighted by Crippen LogP contribution is 2.26. The Bertz CT molecular complexity index is 127. The second kappa shape index (κ2) is 2.74. The van der Waals surface area contributed by atoms with Gasteiger partial charge in [-0.3, -0.25) is 0 Å². The van der Waals surface area contributed by atoms with E-state index in [1.165, 1.54) is 12.0 Å². The summed E-state index contributed by atoms with van der Waals surface area (Å²) in [6.45, 7) is 4.41. The van der Waals surface area contributed by atoms with E-state index in [0.717, 1.165) is 12.3 Å². The fourth-order valence-corrected chi connectivity index (χ4v) is 1.98. The van der Waals surface area contributed by atoms with Crippen LogP contribution in [0, 0.1) is 5.92 Å². The van der Waals surface area contributed by atoms with Crippen molar-refractivity contribution in [2.45, 2.75) is 32.1 Å². The molecule has 1 heteroatoms. The molecule has 0 aromatic carbocycles. The molecule has 0 aromatic heterocycles. The Morgan fingerprint density at radius 1 is 1.67 bits per heavy atom. The highest BCUT2D eigenvalue weighted by molar-refractivity contribution is 6.21. The van der Waals surface area contributed by atoms with Gasteiger partial charge in [0.1, 0.15) is 0 Å². The normalized spacial score (nSPS) is 36.1. The largest absolute Gasteiger partial charge is 0.118 e. The van der Waals surface area contributed by atoms with Crippen LogP contribution in [0.4, 0.5) is 0 Å². The Morgan fingerprint density at radius 2 is 2.33 bits per heavy atom. The second-order valence-electron chi connectivity index (χ2n) is 3.07. The van der Waals surface area contributed by atoms with Crippen LogP contribution in [0.5, 0.6) is 0 Å². The van der Waals surface area contributed by atoms with Crippen LogP contribution in [0.15, 0.2) is 11.6 Å². The molecular formula is C8H13Cl. The van der Waals surface area contributed by atoms with E-state index in [4.69, 9.17) is 11.6 Å². The van der Waals surface area contributed by atoms with Gasteiger partial charge in [-0.05, 0) is 25.7 Å². The van der Waals surface area contributed by atoms with Gasteiger partial charge in [-0.15, -0.1) is 11.6 Å². The van der Waals surface area contributed by atoms with Crippen LogP contribution in [0.3, 0.4) is 0 Å². The molecule has 0 heterocycles. The van der Waals surface area contributed by atoms with Gasteiger partial charge in [0.2, 0.25) is 0 Å². The third-order valence-corrected chi connectivity index (χ3v) is 2.07. The van der Waals surface area contributed by atoms with Crippen LogP contribution in [-0.2, 0) is 0 Å². The molecule has 1 rings (SSSR count). The molecule has 52 valence electrons. The average molecular weight is 145 g/mol. The molecule has 2 unspecified atom stereocenters. The van der Waals surface area contributed by atoms with Crippen molar-refractivity contribution in [3.8, 4) is 0 Å². The zero-order chi connectivity index (χ0) is 6.85. The first-order valence-electron chi connectivity index (χ1n) is 3.50. The number of allylic oxidation sites excluding steroid dienone is 2. The maximum atomic E-state index is 5.93. The van der Waals surface area contributed by atoms with E-state index in [-0.39, 0.29) is 0 Å². The third kappa shape index (κ3) is 2.02. The molecule has 0 N–H and O–H groups in total. The maximum Gasteiger partial charge on any atom is 0.0521 e. The molecule has 0 amide bonds. The van der Waals surface area contributed by atoms with E-state index in [0.29, 0.717) is 5.38 Å². The lowest BCUT2D eigenvalue weighted by atomic mass is 9.91. The van der Waals surface area contributed by atoms with Crippen LogP contribution in [-0.4, -0.2) is 5.38 Å². The van der Waals surface area contributed by atoms with Crippen molar-refractivity contribution in [2.24, 2.45) is 5.92 Å². The molecule has 0 aromatic rings. The predicted octanol–water partition coefficient (Wildman–Crippen LogP) is 2.97. The number of hydrogen-bond acceptors (Lipinski definition) is 0. The zero-order valence-electron chi connectivity index (χ0n) is 6.02. The fourth-order valence-electron chi connectivity index (χ4n) is 1.46. The van der Waals surface area contributed by atoms with Gasteiger partial charge in [0.25, 0.3) is 0 Å². The van der Waals surface area contributed by atoms with Crippen LogP contribution in [0.2, 0.25) is 0 Å². The minimum absolute atomic E-state index is 0.300. The Hall–Kier alpha value is 0.0300. The number of halogens is 1. The predicted molar refractivity (Wildman–Crippen MR) is 41.8 cm³/mol. The molecule has 1 aliphatic rings. The van der Waals surface area contributed by atoms with Gasteiger partial charge in [0, 0.05) is 0 Å². The van der Waals surface area contributed by atoms with Gasteiger partial charge in [0.05, 0.1) is 5.38 Å². The number of alkyl halides is 1. The average Bonchev–Trinajstić information content (AvgIpc) is 1.59. The molecule has 0 bridgehead atoms. The fraction of sp³-hybridized carbons (Fsp3) is 0.750. The Morgan fingerprint density at radius 3 is 2.78 bits per heavy atom. The van der Waals surface area contributed by atoms with Gasteiger partial charge >= 0.3 is 0 Å². The van der Waals surface area contributed by atoms with Crippen molar-refractivity contribution in [1.82, 2.24) is 0 Å². The smallest absolute Gasteiger partial charge is 0.0521 e. The van der Waals surface area contributed by atoms with E-state index >= 15 is 0 Å². The monoisotopic (exact) mass is 144 g/mol. The van der Waals surface area contributed by atoms with Gasteiger partial charge in [-0.1, -0.05) is 18.6 Å². The first-order valence-corrected chi connectivity index (χ1v) is 3.93. The lowest BCUT2D eigenvalue weighted by Crippen LogP contribution is -2.10. The van der Waals surface area contributed by atoms with Crippen LogP contribution >= 0.6 is 11.6 Å². The minimum Gasteiger partial charge on any atom is -0.118 e. The van der Waals surface area contributed by atoms with Crippen molar-refractivity contribution in [2.75, 3.05) is 0 Å². The molecule has 0 radical (unpaired) electrons. The summed E-state index contributed by atoms with van der Waals surface area (Å²) < 4.78 is 0. The van der Waals surface area contributed by atoms with Gasteiger partial charge in [-0.2, -0.15) is 0 Å². The first kappa shape index (κ1) is 7.14. The van der Waals surface area contributed by atoms with E-state index in [1.54, 1.807) is 0 Å². The van der Waals surface area contributed by atoms with E-state index in [1.807, 2.05) is 0 Å². The SMILES string of the molecule is CC1=CC(Cl)CC(C)C1.